The molecular weight excluding hydrogens is 1040 g/mol. The number of hydrogen-bond donors (Lipinski definition) is 3. The number of carboxylic acid groups (broad SMARTS) is 1. The molecule has 0 aromatic heterocycles. The Morgan fingerprint density at radius 3 is 1.17 bits per heavy atom. The molecule has 3 N–H and O–H groups in total. The van der Waals surface area contributed by atoms with Gasteiger partial charge in [0.15, 0.2) is 24.6 Å². The summed E-state index contributed by atoms with van der Waals surface area (Å²) in [6.45, 7) is 5.89. The van der Waals surface area contributed by atoms with Gasteiger partial charge in [-0.25, -0.2) is 4.79 Å². The van der Waals surface area contributed by atoms with Crippen molar-refractivity contribution in [2.75, 3.05) is 13.2 Å². The fraction of sp³-hybridized carbons (Fsp3) is 0.775. The van der Waals surface area contributed by atoms with Gasteiger partial charge in [0.1, 0.15) is 18.8 Å². The second-order valence-electron chi connectivity index (χ2n) is 23.1. The number of aliphatic hydroxyl groups excluding tert-OH is 2. The van der Waals surface area contributed by atoms with Crippen LogP contribution in [0.25, 0.3) is 0 Å². The van der Waals surface area contributed by atoms with Crippen LogP contribution in [0, 0.1) is 0 Å². The van der Waals surface area contributed by atoms with Crippen molar-refractivity contribution < 1.29 is 58.2 Å². The third kappa shape index (κ3) is 48.0. The van der Waals surface area contributed by atoms with Crippen molar-refractivity contribution in [2.24, 2.45) is 0 Å². The molecule has 12 heteroatoms. The largest absolute Gasteiger partial charge is 0.479 e. The van der Waals surface area contributed by atoms with E-state index in [9.17, 15) is 34.5 Å². The van der Waals surface area contributed by atoms with Crippen molar-refractivity contribution in [3.63, 3.8) is 0 Å². The number of aliphatic hydroxyl groups is 2. The molecule has 12 nitrogen and oxygen atoms in total. The average molecular weight is 1170 g/mol. The van der Waals surface area contributed by atoms with Crippen LogP contribution in [-0.2, 0) is 42.9 Å². The zero-order valence-corrected chi connectivity index (χ0v) is 52.9. The molecule has 83 heavy (non-hydrogen) atoms. The van der Waals surface area contributed by atoms with Crippen molar-refractivity contribution in [3.8, 4) is 0 Å². The Morgan fingerprint density at radius 1 is 0.410 bits per heavy atom. The smallest absolute Gasteiger partial charge is 0.335 e. The van der Waals surface area contributed by atoms with Crippen LogP contribution >= 0.6 is 0 Å². The summed E-state index contributed by atoms with van der Waals surface area (Å²) in [5, 5.41) is 31.6. The highest BCUT2D eigenvalue weighted by molar-refractivity contribution is 5.74. The Kier molecular flexibility index (Phi) is 54.4. The molecule has 0 aromatic carbocycles. The van der Waals surface area contributed by atoms with Crippen molar-refractivity contribution in [2.45, 2.75) is 340 Å². The first kappa shape index (κ1) is 77.2. The summed E-state index contributed by atoms with van der Waals surface area (Å²) in [6, 6.07) is 0. The van der Waals surface area contributed by atoms with Crippen LogP contribution in [0.2, 0.25) is 0 Å². The molecule has 0 radical (unpaired) electrons. The van der Waals surface area contributed by atoms with Crippen LogP contribution in [-0.4, -0.2) is 89.2 Å². The van der Waals surface area contributed by atoms with Gasteiger partial charge >= 0.3 is 23.9 Å². The van der Waals surface area contributed by atoms with Crippen LogP contribution in [0.15, 0.2) is 72.9 Å². The molecule has 0 spiro atoms. The van der Waals surface area contributed by atoms with Crippen molar-refractivity contribution >= 4 is 23.9 Å². The maximum Gasteiger partial charge on any atom is 0.335 e. The molecule has 1 rings (SSSR count). The third-order valence-corrected chi connectivity index (χ3v) is 15.2. The first-order valence-electron chi connectivity index (χ1n) is 33.9. The van der Waals surface area contributed by atoms with Gasteiger partial charge in [-0.05, 0) is 109 Å². The fourth-order valence-corrected chi connectivity index (χ4v) is 10.1. The number of ether oxygens (including phenoxy) is 5. The van der Waals surface area contributed by atoms with Crippen LogP contribution in [0.3, 0.4) is 0 Å². The molecule has 6 atom stereocenters. The predicted molar refractivity (Wildman–Crippen MR) is 340 cm³/mol. The summed E-state index contributed by atoms with van der Waals surface area (Å²) >= 11 is 0. The SMILES string of the molecule is CC/C=C\C/C=C\C/C=C\C/C=C\CCCCCCCCC(=O)OCC(COC1OC(C(=O)O)C(O)C(O)C1OC(=O)CCCCCCC/C=C\CCCCCCCC)OC(=O)CCCCCCCCCCC/C=C\CCCCCCCC. The van der Waals surface area contributed by atoms with E-state index in [2.05, 4.69) is 93.7 Å². The molecule has 1 aliphatic heterocycles. The van der Waals surface area contributed by atoms with E-state index in [-0.39, 0.29) is 25.9 Å². The lowest BCUT2D eigenvalue weighted by atomic mass is 9.98. The number of rotatable bonds is 58. The highest BCUT2D eigenvalue weighted by Crippen LogP contribution is 2.27. The zero-order valence-electron chi connectivity index (χ0n) is 52.9. The number of unbranched alkanes of at least 4 members (excludes halogenated alkanes) is 32. The molecule has 0 saturated carbocycles. The minimum absolute atomic E-state index is 0.0485. The average Bonchev–Trinajstić information content (AvgIpc) is 3.58. The lowest BCUT2D eigenvalue weighted by Gasteiger charge is -2.40. The number of aliphatic carboxylic acids is 1. The van der Waals surface area contributed by atoms with E-state index in [1.54, 1.807) is 0 Å². The van der Waals surface area contributed by atoms with Crippen LogP contribution in [0.1, 0.15) is 303 Å². The minimum Gasteiger partial charge on any atom is -0.479 e. The van der Waals surface area contributed by atoms with E-state index in [4.69, 9.17) is 23.7 Å². The highest BCUT2D eigenvalue weighted by Gasteiger charge is 2.50. The summed E-state index contributed by atoms with van der Waals surface area (Å²) in [4.78, 5) is 51.4. The van der Waals surface area contributed by atoms with Gasteiger partial charge in [0.2, 0.25) is 0 Å². The monoisotopic (exact) mass is 1170 g/mol. The van der Waals surface area contributed by atoms with Crippen molar-refractivity contribution in [1.82, 2.24) is 0 Å². The molecule has 0 aromatic rings. The summed E-state index contributed by atoms with van der Waals surface area (Å²) in [7, 11) is 0. The molecule has 1 heterocycles. The molecule has 6 unspecified atom stereocenters. The van der Waals surface area contributed by atoms with Gasteiger partial charge in [0, 0.05) is 19.3 Å². The molecule has 1 saturated heterocycles. The lowest BCUT2D eigenvalue weighted by molar-refractivity contribution is -0.301. The number of carboxylic acids is 1. The summed E-state index contributed by atoms with van der Waals surface area (Å²) in [5.41, 5.74) is 0. The predicted octanol–water partition coefficient (Wildman–Crippen LogP) is 18.5. The quantitative estimate of drug-likeness (QED) is 0.0228. The Balaban J connectivity index is 2.66. The molecule has 1 aliphatic rings. The first-order valence-corrected chi connectivity index (χ1v) is 33.9. The second-order valence-corrected chi connectivity index (χ2v) is 23.1. The Morgan fingerprint density at radius 2 is 0.759 bits per heavy atom. The first-order chi connectivity index (χ1) is 40.6. The number of allylic oxidation sites excluding steroid dienone is 12. The van der Waals surface area contributed by atoms with Gasteiger partial charge in [-0.15, -0.1) is 0 Å². The summed E-state index contributed by atoms with van der Waals surface area (Å²) in [5.74, 6) is -3.13. The van der Waals surface area contributed by atoms with E-state index in [0.717, 1.165) is 128 Å². The summed E-state index contributed by atoms with van der Waals surface area (Å²) in [6.07, 6.45) is 62.8. The van der Waals surface area contributed by atoms with Crippen molar-refractivity contribution in [3.05, 3.63) is 72.9 Å². The third-order valence-electron chi connectivity index (χ3n) is 15.2. The molecule has 478 valence electrons. The number of hydrogen-bond acceptors (Lipinski definition) is 11. The molecule has 1 fully saturated rings. The molecular formula is C71H122O12. The van der Waals surface area contributed by atoms with Crippen LogP contribution in [0.4, 0.5) is 0 Å². The van der Waals surface area contributed by atoms with Gasteiger partial charge in [-0.2, -0.15) is 0 Å². The number of esters is 3. The van der Waals surface area contributed by atoms with Crippen LogP contribution < -0.4 is 0 Å². The normalized spacial score (nSPS) is 18.0. The van der Waals surface area contributed by atoms with E-state index >= 15 is 0 Å². The highest BCUT2D eigenvalue weighted by atomic mass is 16.7. The number of carbonyl (C=O) groups is 4. The fourth-order valence-electron chi connectivity index (χ4n) is 10.1. The van der Waals surface area contributed by atoms with Gasteiger partial charge < -0.3 is 39.0 Å². The topological polar surface area (TPSA) is 175 Å². The zero-order chi connectivity index (χ0) is 60.3. The van der Waals surface area contributed by atoms with Gasteiger partial charge in [-0.1, -0.05) is 248 Å². The van der Waals surface area contributed by atoms with E-state index < -0.39 is 67.3 Å². The molecule has 0 amide bonds. The molecule has 0 aliphatic carbocycles. The summed E-state index contributed by atoms with van der Waals surface area (Å²) < 4.78 is 28.6. The molecule has 0 bridgehead atoms. The maximum absolute atomic E-state index is 13.2. The van der Waals surface area contributed by atoms with E-state index in [1.165, 1.54) is 116 Å². The second kappa shape index (κ2) is 58.5. The van der Waals surface area contributed by atoms with Gasteiger partial charge in [-0.3, -0.25) is 14.4 Å². The van der Waals surface area contributed by atoms with Crippen molar-refractivity contribution in [1.29, 1.82) is 0 Å². The van der Waals surface area contributed by atoms with Crippen LogP contribution in [0.5, 0.6) is 0 Å². The Labute approximate surface area is 506 Å². The number of carbonyl (C=O) groups excluding carboxylic acids is 3. The lowest BCUT2D eigenvalue weighted by Crippen LogP contribution is -2.61. The Hall–Kier alpha value is -3.84. The van der Waals surface area contributed by atoms with E-state index in [1.807, 2.05) is 0 Å². The van der Waals surface area contributed by atoms with Gasteiger partial charge in [0.05, 0.1) is 6.61 Å². The van der Waals surface area contributed by atoms with Gasteiger partial charge in [0.25, 0.3) is 0 Å². The van der Waals surface area contributed by atoms with E-state index in [0.29, 0.717) is 19.3 Å². The Bertz CT molecular complexity index is 1720. The minimum atomic E-state index is -1.91. The maximum atomic E-state index is 13.2. The standard InChI is InChI=1S/C71H122O12/c1-4-7-10-13-16-19-22-25-28-30-32-34-37-39-42-45-48-51-54-57-63(72)79-60-62(81-64(73)58-55-52-49-46-43-41-38-35-33-31-29-26-23-20-17-14-11-8-5-2)61-80-71-69(67(76)66(75)68(83-71)70(77)78)82-65(74)59-56-53-50-47-44-40-36-27-24-21-18-15-12-9-6-3/h7,10,16,19,25-29,32,34,36,62,66-69,71,75-76H,4-6,8-9,11-15,17-18,20-24,30-31,33,35,37-61H2,1-3H3,(H,77,78)/b10-7-,19-16-,28-25-,29-26-,34-32-,36-27-.